The fourth-order valence-corrected chi connectivity index (χ4v) is 5.30. The van der Waals surface area contributed by atoms with Gasteiger partial charge in [-0.05, 0) is 67.3 Å². The van der Waals surface area contributed by atoms with Crippen LogP contribution in [0.1, 0.15) is 71.1 Å². The van der Waals surface area contributed by atoms with E-state index in [1.807, 2.05) is 26.0 Å². The summed E-state index contributed by atoms with van der Waals surface area (Å²) in [5.74, 6) is -1.80. The van der Waals surface area contributed by atoms with Gasteiger partial charge in [0.2, 0.25) is 5.91 Å². The molecule has 220 valence electrons. The molecule has 0 aliphatic carbocycles. The standard InChI is InChI=1S/C31H44F2N4O3/c1-20(2)35-29(40)37-12-8-11-31(19-37,24-10-7-9-23(16-24)30(4,5)6)34-18-28(39)27(36-21(3)38)15-22-13-25(32)17-26(33)14-22/h7,9-10,13-14,16-17,20,27-28,34,39H,8,11-12,15,18-19H2,1-6H3,(H,35,40)(H,36,38). The lowest BCUT2D eigenvalue weighted by molar-refractivity contribution is -0.120. The maximum atomic E-state index is 13.8. The Morgan fingerprint density at radius 1 is 1.07 bits per heavy atom. The molecule has 3 atom stereocenters. The van der Waals surface area contributed by atoms with Crippen LogP contribution >= 0.6 is 0 Å². The average molecular weight is 559 g/mol. The number of nitrogens with one attached hydrogen (secondary N) is 3. The van der Waals surface area contributed by atoms with E-state index in [2.05, 4.69) is 48.9 Å². The highest BCUT2D eigenvalue weighted by Crippen LogP contribution is 2.34. The SMILES string of the molecule is CC(=O)NC(Cc1cc(F)cc(F)c1)C(O)CNC1(c2cccc(C(C)(C)C)c2)CCCN(C(=O)NC(C)C)C1. The van der Waals surface area contributed by atoms with Gasteiger partial charge in [-0.3, -0.25) is 4.79 Å². The largest absolute Gasteiger partial charge is 0.390 e. The molecule has 0 aromatic heterocycles. The van der Waals surface area contributed by atoms with Gasteiger partial charge < -0.3 is 26.0 Å². The van der Waals surface area contributed by atoms with Gasteiger partial charge >= 0.3 is 6.03 Å². The molecule has 1 aliphatic rings. The van der Waals surface area contributed by atoms with Gasteiger partial charge in [-0.25, -0.2) is 13.6 Å². The van der Waals surface area contributed by atoms with Crippen molar-refractivity contribution in [1.29, 1.82) is 0 Å². The molecule has 7 nitrogen and oxygen atoms in total. The normalized spacial score (nSPS) is 19.3. The fraction of sp³-hybridized carbons (Fsp3) is 0.548. The van der Waals surface area contributed by atoms with E-state index in [0.29, 0.717) is 18.7 Å². The molecule has 2 aromatic rings. The Labute approximate surface area is 236 Å². The summed E-state index contributed by atoms with van der Waals surface area (Å²) in [4.78, 5) is 26.8. The van der Waals surface area contributed by atoms with Crippen LogP contribution < -0.4 is 16.0 Å². The molecule has 1 heterocycles. The number of halogens is 2. The maximum Gasteiger partial charge on any atom is 0.317 e. The van der Waals surface area contributed by atoms with Crippen LogP contribution in [0.4, 0.5) is 13.6 Å². The van der Waals surface area contributed by atoms with Crippen molar-refractivity contribution < 1.29 is 23.5 Å². The zero-order valence-corrected chi connectivity index (χ0v) is 24.5. The number of urea groups is 1. The highest BCUT2D eigenvalue weighted by molar-refractivity contribution is 5.75. The number of carbonyl (C=O) groups is 2. The summed E-state index contributed by atoms with van der Waals surface area (Å²) in [6.07, 6.45) is 0.467. The van der Waals surface area contributed by atoms with Crippen molar-refractivity contribution in [3.63, 3.8) is 0 Å². The zero-order valence-electron chi connectivity index (χ0n) is 24.5. The molecular weight excluding hydrogens is 514 g/mol. The van der Waals surface area contributed by atoms with E-state index < -0.39 is 29.3 Å². The van der Waals surface area contributed by atoms with Gasteiger partial charge in [-0.15, -0.1) is 0 Å². The molecule has 3 rings (SSSR count). The van der Waals surface area contributed by atoms with Crippen LogP contribution in [0.25, 0.3) is 0 Å². The molecule has 3 amide bonds. The summed E-state index contributed by atoms with van der Waals surface area (Å²) in [7, 11) is 0. The number of piperidine rings is 1. The van der Waals surface area contributed by atoms with Gasteiger partial charge in [0, 0.05) is 38.7 Å². The van der Waals surface area contributed by atoms with Crippen molar-refractivity contribution in [3.8, 4) is 0 Å². The molecule has 0 spiro atoms. The monoisotopic (exact) mass is 558 g/mol. The highest BCUT2D eigenvalue weighted by Gasteiger charge is 2.40. The average Bonchev–Trinajstić information content (AvgIpc) is 2.85. The van der Waals surface area contributed by atoms with Crippen LogP contribution in [-0.2, 0) is 22.2 Å². The Bertz CT molecular complexity index is 1160. The summed E-state index contributed by atoms with van der Waals surface area (Å²) >= 11 is 0. The second-order valence-electron chi connectivity index (χ2n) is 12.3. The summed E-state index contributed by atoms with van der Waals surface area (Å²) < 4.78 is 27.7. The molecule has 1 aliphatic heterocycles. The molecule has 9 heteroatoms. The minimum Gasteiger partial charge on any atom is -0.390 e. The van der Waals surface area contributed by atoms with Crippen molar-refractivity contribution in [1.82, 2.24) is 20.9 Å². The lowest BCUT2D eigenvalue weighted by Crippen LogP contribution is -2.60. The molecule has 0 bridgehead atoms. The van der Waals surface area contributed by atoms with E-state index in [4.69, 9.17) is 0 Å². The second-order valence-corrected chi connectivity index (χ2v) is 12.3. The van der Waals surface area contributed by atoms with E-state index in [-0.39, 0.29) is 36.4 Å². The maximum absolute atomic E-state index is 13.8. The van der Waals surface area contributed by atoms with Gasteiger partial charge in [0.25, 0.3) is 0 Å². The van der Waals surface area contributed by atoms with E-state index in [9.17, 15) is 23.5 Å². The molecule has 40 heavy (non-hydrogen) atoms. The summed E-state index contributed by atoms with van der Waals surface area (Å²) in [5, 5.41) is 20.5. The van der Waals surface area contributed by atoms with Gasteiger partial charge in [0.1, 0.15) is 11.6 Å². The number of hydrogen-bond acceptors (Lipinski definition) is 4. The number of hydrogen-bond donors (Lipinski definition) is 4. The Morgan fingerprint density at radius 2 is 1.75 bits per heavy atom. The minimum absolute atomic E-state index is 0.00565. The van der Waals surface area contributed by atoms with Crippen LogP contribution in [0.5, 0.6) is 0 Å². The number of likely N-dealkylation sites (tertiary alicyclic amines) is 1. The first-order chi connectivity index (χ1) is 18.7. The van der Waals surface area contributed by atoms with Crippen LogP contribution in [0.3, 0.4) is 0 Å². The van der Waals surface area contributed by atoms with Gasteiger partial charge in [-0.2, -0.15) is 0 Å². The van der Waals surface area contributed by atoms with Gasteiger partial charge in [0.05, 0.1) is 17.7 Å². The Morgan fingerprint density at radius 3 is 2.35 bits per heavy atom. The van der Waals surface area contributed by atoms with Crippen LogP contribution in [-0.4, -0.2) is 59.8 Å². The molecule has 0 radical (unpaired) electrons. The van der Waals surface area contributed by atoms with Crippen molar-refractivity contribution in [2.45, 2.75) is 89.9 Å². The third-order valence-electron chi connectivity index (χ3n) is 7.35. The second kappa shape index (κ2) is 13.1. The van der Waals surface area contributed by atoms with E-state index >= 15 is 0 Å². The minimum atomic E-state index is -1.07. The molecule has 4 N–H and O–H groups in total. The molecule has 3 unspecified atom stereocenters. The first-order valence-electron chi connectivity index (χ1n) is 14.0. The van der Waals surface area contributed by atoms with E-state index in [0.717, 1.165) is 30.0 Å². The number of amides is 3. The van der Waals surface area contributed by atoms with Crippen molar-refractivity contribution in [2.24, 2.45) is 0 Å². The molecule has 1 fully saturated rings. The van der Waals surface area contributed by atoms with Crippen LogP contribution in [0.2, 0.25) is 0 Å². The molecule has 2 aromatic carbocycles. The molecule has 1 saturated heterocycles. The lowest BCUT2D eigenvalue weighted by Gasteiger charge is -2.45. The molecule has 0 saturated carbocycles. The Hall–Kier alpha value is -3.04. The smallest absolute Gasteiger partial charge is 0.317 e. The van der Waals surface area contributed by atoms with Crippen molar-refractivity contribution >= 4 is 11.9 Å². The lowest BCUT2D eigenvalue weighted by atomic mass is 9.78. The summed E-state index contributed by atoms with van der Waals surface area (Å²) in [6, 6.07) is 10.6. The number of aliphatic hydroxyl groups excluding tert-OH is 1. The zero-order chi connectivity index (χ0) is 29.7. The summed E-state index contributed by atoms with van der Waals surface area (Å²) in [5.41, 5.74) is 1.76. The van der Waals surface area contributed by atoms with Gasteiger partial charge in [-0.1, -0.05) is 45.0 Å². The first kappa shape index (κ1) is 31.5. The number of benzene rings is 2. The Balaban J connectivity index is 1.91. The predicted octanol–water partition coefficient (Wildman–Crippen LogP) is 4.37. The van der Waals surface area contributed by atoms with Crippen LogP contribution in [0, 0.1) is 11.6 Å². The first-order valence-corrected chi connectivity index (χ1v) is 14.0. The Kier molecular flexibility index (Phi) is 10.3. The topological polar surface area (TPSA) is 93.7 Å². The van der Waals surface area contributed by atoms with Crippen molar-refractivity contribution in [2.75, 3.05) is 19.6 Å². The number of rotatable bonds is 9. The third-order valence-corrected chi connectivity index (χ3v) is 7.35. The predicted molar refractivity (Wildman–Crippen MR) is 153 cm³/mol. The quantitative estimate of drug-likeness (QED) is 0.368. The fourth-order valence-electron chi connectivity index (χ4n) is 5.30. The van der Waals surface area contributed by atoms with E-state index in [1.165, 1.54) is 19.1 Å². The van der Waals surface area contributed by atoms with Crippen LogP contribution in [0.15, 0.2) is 42.5 Å². The number of carbonyl (C=O) groups excluding carboxylic acids is 2. The molecular formula is C31H44F2N4O3. The van der Waals surface area contributed by atoms with Gasteiger partial charge in [0.15, 0.2) is 0 Å². The summed E-state index contributed by atoms with van der Waals surface area (Å²) in [6.45, 7) is 12.7. The van der Waals surface area contributed by atoms with Crippen molar-refractivity contribution in [3.05, 3.63) is 70.8 Å². The number of aliphatic hydroxyl groups is 1. The van der Waals surface area contributed by atoms with E-state index in [1.54, 1.807) is 4.90 Å². The number of nitrogens with zero attached hydrogens (tertiary/aromatic N) is 1. The highest BCUT2D eigenvalue weighted by atomic mass is 19.1. The third kappa shape index (κ3) is 8.48.